The molecule has 1 N–H and O–H groups in total. The number of carboxylic acids is 1. The fraction of sp³-hybridized carbons (Fsp3) is 0.273. The van der Waals surface area contributed by atoms with Crippen LogP contribution in [0.2, 0.25) is 10.0 Å². The van der Waals surface area contributed by atoms with Crippen LogP contribution in [0, 0.1) is 5.41 Å². The lowest BCUT2D eigenvalue weighted by Gasteiger charge is -2.25. The quantitative estimate of drug-likeness (QED) is 0.409. The minimum absolute atomic E-state index is 0.109. The molecule has 0 unspecified atom stereocenters. The summed E-state index contributed by atoms with van der Waals surface area (Å²) in [6, 6.07) is 11.6. The largest absolute Gasteiger partial charge is 0.477 e. The summed E-state index contributed by atoms with van der Waals surface area (Å²) in [6.07, 6.45) is 0.109. The summed E-state index contributed by atoms with van der Waals surface area (Å²) in [6.45, 7) is -4.64. The molecule has 0 aliphatic heterocycles. The predicted molar refractivity (Wildman–Crippen MR) is 114 cm³/mol. The van der Waals surface area contributed by atoms with E-state index in [-0.39, 0.29) is 17.9 Å². The minimum Gasteiger partial charge on any atom is -0.477 e. The van der Waals surface area contributed by atoms with Gasteiger partial charge in [0.2, 0.25) is 5.88 Å². The topological polar surface area (TPSA) is 59.4 Å². The highest BCUT2D eigenvalue weighted by Crippen LogP contribution is 2.34. The number of nitrogens with zero attached hydrogens (tertiary/aromatic N) is 1. The Labute approximate surface area is 186 Å². The van der Waals surface area contributed by atoms with Gasteiger partial charge in [0.1, 0.15) is 32.2 Å². The highest BCUT2D eigenvalue weighted by molar-refractivity contribution is 6.31. The number of ether oxygens (including phenoxy) is 1. The third-order valence-electron chi connectivity index (χ3n) is 4.93. The number of alkyl halides is 3. The molecule has 0 bridgehead atoms. The maximum absolute atomic E-state index is 13.3. The van der Waals surface area contributed by atoms with Gasteiger partial charge in [0.05, 0.1) is 10.9 Å². The molecule has 9 heteroatoms. The van der Waals surface area contributed by atoms with Crippen LogP contribution in [0.3, 0.4) is 0 Å². The summed E-state index contributed by atoms with van der Waals surface area (Å²) < 4.78 is 45.2. The van der Waals surface area contributed by atoms with Crippen molar-refractivity contribution < 1.29 is 27.8 Å². The van der Waals surface area contributed by atoms with Gasteiger partial charge >= 0.3 is 5.97 Å². The fourth-order valence-corrected chi connectivity index (χ4v) is 3.44. The Balaban J connectivity index is 2.19. The standard InChI is InChI=1S/C22H18Cl2F3NO3/c23-14-5-6-18-15(8-14)16(7-13-3-1-2-4-17(13)24)19(21(29)30)20(28-18)31-12-22(9-25,10-26)11-27/h1-6,8H,7,9-12H2,(H,29,30). The number of carboxylic acid groups (broad SMARTS) is 1. The SMILES string of the molecule is O=C(O)c1c(OCC(CF)(CF)CF)nc2ccc(Cl)cc2c1Cc1ccccc1Cl. The molecule has 0 aliphatic rings. The van der Waals surface area contributed by atoms with E-state index in [0.29, 0.717) is 32.1 Å². The number of pyridine rings is 1. The van der Waals surface area contributed by atoms with Gasteiger partial charge in [0, 0.05) is 21.9 Å². The van der Waals surface area contributed by atoms with Crippen molar-refractivity contribution in [3.05, 3.63) is 69.2 Å². The first kappa shape index (κ1) is 23.2. The third-order valence-corrected chi connectivity index (χ3v) is 5.53. The second-order valence-corrected chi connectivity index (χ2v) is 8.04. The lowest BCUT2D eigenvalue weighted by atomic mass is 9.94. The Morgan fingerprint density at radius 3 is 2.35 bits per heavy atom. The van der Waals surface area contributed by atoms with E-state index in [4.69, 9.17) is 27.9 Å². The van der Waals surface area contributed by atoms with Crippen molar-refractivity contribution in [3.63, 3.8) is 0 Å². The van der Waals surface area contributed by atoms with Crippen molar-refractivity contribution in [2.75, 3.05) is 26.6 Å². The fourth-order valence-electron chi connectivity index (χ4n) is 3.06. The molecule has 1 heterocycles. The van der Waals surface area contributed by atoms with Gasteiger partial charge in [-0.3, -0.25) is 13.2 Å². The average molecular weight is 472 g/mol. The van der Waals surface area contributed by atoms with Crippen LogP contribution >= 0.6 is 23.2 Å². The second-order valence-electron chi connectivity index (χ2n) is 7.19. The summed E-state index contributed by atoms with van der Waals surface area (Å²) in [4.78, 5) is 16.4. The zero-order valence-electron chi connectivity index (χ0n) is 16.2. The van der Waals surface area contributed by atoms with Crippen molar-refractivity contribution in [1.82, 2.24) is 4.98 Å². The molecular formula is C22H18Cl2F3NO3. The molecule has 0 radical (unpaired) electrons. The van der Waals surface area contributed by atoms with Crippen LogP contribution in [-0.4, -0.2) is 42.7 Å². The minimum atomic E-state index is -2.02. The van der Waals surface area contributed by atoms with Crippen molar-refractivity contribution in [2.45, 2.75) is 6.42 Å². The molecule has 0 amide bonds. The van der Waals surface area contributed by atoms with E-state index in [2.05, 4.69) is 4.98 Å². The average Bonchev–Trinajstić information content (AvgIpc) is 2.76. The van der Waals surface area contributed by atoms with Gasteiger partial charge in [0.15, 0.2) is 0 Å². The van der Waals surface area contributed by atoms with Crippen molar-refractivity contribution in [3.8, 4) is 5.88 Å². The highest BCUT2D eigenvalue weighted by atomic mass is 35.5. The molecule has 0 fully saturated rings. The lowest BCUT2D eigenvalue weighted by molar-refractivity contribution is 0.0505. The monoisotopic (exact) mass is 471 g/mol. The number of halogens is 5. The predicted octanol–water partition coefficient (Wildman–Crippen LogP) is 6.10. The number of hydrogen-bond donors (Lipinski definition) is 1. The van der Waals surface area contributed by atoms with Crippen molar-refractivity contribution >= 4 is 40.1 Å². The molecule has 0 atom stereocenters. The molecule has 0 saturated heterocycles. The first-order chi connectivity index (χ1) is 14.8. The number of aromatic nitrogens is 1. The van der Waals surface area contributed by atoms with Crippen molar-refractivity contribution in [1.29, 1.82) is 0 Å². The van der Waals surface area contributed by atoms with E-state index in [9.17, 15) is 23.1 Å². The van der Waals surface area contributed by atoms with Crippen LogP contribution in [0.1, 0.15) is 21.5 Å². The maximum atomic E-state index is 13.3. The van der Waals surface area contributed by atoms with Crippen LogP contribution in [0.15, 0.2) is 42.5 Å². The van der Waals surface area contributed by atoms with Gasteiger partial charge in [0.25, 0.3) is 0 Å². The number of rotatable bonds is 9. The van der Waals surface area contributed by atoms with Crippen LogP contribution in [0.5, 0.6) is 5.88 Å². The van der Waals surface area contributed by atoms with Gasteiger partial charge in [-0.2, -0.15) is 0 Å². The van der Waals surface area contributed by atoms with E-state index >= 15 is 0 Å². The summed E-state index contributed by atoms with van der Waals surface area (Å²) in [5, 5.41) is 11.2. The number of hydrogen-bond acceptors (Lipinski definition) is 3. The maximum Gasteiger partial charge on any atom is 0.341 e. The van der Waals surface area contributed by atoms with E-state index in [0.717, 1.165) is 0 Å². The molecule has 2 aromatic carbocycles. The Morgan fingerprint density at radius 2 is 1.74 bits per heavy atom. The molecule has 1 aromatic heterocycles. The van der Waals surface area contributed by atoms with Crippen LogP contribution in [0.4, 0.5) is 13.2 Å². The molecule has 3 aromatic rings. The van der Waals surface area contributed by atoms with E-state index in [1.165, 1.54) is 0 Å². The summed E-state index contributed by atoms with van der Waals surface area (Å²) >= 11 is 12.4. The lowest BCUT2D eigenvalue weighted by Crippen LogP contribution is -2.36. The van der Waals surface area contributed by atoms with Gasteiger partial charge in [-0.15, -0.1) is 0 Å². The van der Waals surface area contributed by atoms with Gasteiger partial charge in [-0.05, 0) is 35.4 Å². The molecular weight excluding hydrogens is 454 g/mol. The number of fused-ring (bicyclic) bond motifs is 1. The van der Waals surface area contributed by atoms with E-state index in [1.54, 1.807) is 42.5 Å². The van der Waals surface area contributed by atoms with E-state index in [1.807, 2.05) is 0 Å². The zero-order chi connectivity index (χ0) is 22.6. The molecule has 164 valence electrons. The zero-order valence-corrected chi connectivity index (χ0v) is 17.7. The van der Waals surface area contributed by atoms with Gasteiger partial charge in [-0.1, -0.05) is 41.4 Å². The molecule has 0 aliphatic carbocycles. The molecule has 3 rings (SSSR count). The van der Waals surface area contributed by atoms with Crippen LogP contribution < -0.4 is 4.74 Å². The molecule has 0 spiro atoms. The second kappa shape index (κ2) is 9.75. The molecule has 31 heavy (non-hydrogen) atoms. The van der Waals surface area contributed by atoms with Crippen molar-refractivity contribution in [2.24, 2.45) is 5.41 Å². The third kappa shape index (κ3) is 4.88. The van der Waals surface area contributed by atoms with Crippen LogP contribution in [-0.2, 0) is 6.42 Å². The molecule has 0 saturated carbocycles. The summed E-state index contributed by atoms with van der Waals surface area (Å²) in [7, 11) is 0. The Bertz CT molecular complexity index is 1100. The Morgan fingerprint density at radius 1 is 1.06 bits per heavy atom. The number of benzene rings is 2. The first-order valence-electron chi connectivity index (χ1n) is 9.23. The Hall–Kier alpha value is -2.51. The summed E-state index contributed by atoms with van der Waals surface area (Å²) in [5.41, 5.74) is -1.00. The first-order valence-corrected chi connectivity index (χ1v) is 9.99. The summed E-state index contributed by atoms with van der Waals surface area (Å²) in [5.74, 6) is -1.72. The smallest absolute Gasteiger partial charge is 0.341 e. The number of aromatic carboxylic acids is 1. The Kier molecular flexibility index (Phi) is 7.28. The highest BCUT2D eigenvalue weighted by Gasteiger charge is 2.34. The normalized spacial score (nSPS) is 11.6. The van der Waals surface area contributed by atoms with Gasteiger partial charge in [-0.25, -0.2) is 9.78 Å². The number of carbonyl (C=O) groups is 1. The van der Waals surface area contributed by atoms with E-state index < -0.39 is 38.0 Å². The van der Waals surface area contributed by atoms with Crippen LogP contribution in [0.25, 0.3) is 10.9 Å². The molecule has 4 nitrogen and oxygen atoms in total. The van der Waals surface area contributed by atoms with Gasteiger partial charge < -0.3 is 9.84 Å².